The van der Waals surface area contributed by atoms with Crippen LogP contribution in [-0.4, -0.2) is 71.0 Å². The third-order valence-corrected chi connectivity index (χ3v) is 0.357. The average Bonchev–Trinajstić information content (AvgIpc) is 1.36. The second-order valence-corrected chi connectivity index (χ2v) is 1.01. The topological polar surface area (TPSA) is 121 Å². The second-order valence-electron chi connectivity index (χ2n) is 1.01. The number of aliphatic carboxylic acids is 1. The van der Waals surface area contributed by atoms with E-state index in [2.05, 4.69) is 0 Å². The Balaban J connectivity index is -0.0000000417. The first-order chi connectivity index (χ1) is 2.64. The van der Waals surface area contributed by atoms with Crippen LogP contribution in [-0.2, 0) is 4.79 Å². The third-order valence-electron chi connectivity index (χ3n) is 0.357. The zero-order valence-electron chi connectivity index (χ0n) is 4.38. The minimum atomic E-state index is -1.23. The van der Waals surface area contributed by atoms with Gasteiger partial charge in [-0.15, -0.1) is 0 Å². The zero-order valence-corrected chi connectivity index (χ0v) is 4.38. The summed E-state index contributed by atoms with van der Waals surface area (Å²) in [7, 11) is 0. The summed E-state index contributed by atoms with van der Waals surface area (Å²) in [5.41, 5.74) is 0. The molecule has 6 heteroatoms. The summed E-state index contributed by atoms with van der Waals surface area (Å²) in [5, 5.41) is 15.8. The molecule has 0 aromatic rings. The predicted molar refractivity (Wildman–Crippen MR) is 35.1 cm³/mol. The van der Waals surface area contributed by atoms with Gasteiger partial charge in [-0.1, -0.05) is 0 Å². The van der Waals surface area contributed by atoms with E-state index in [4.69, 9.17) is 10.2 Å². The van der Waals surface area contributed by atoms with E-state index >= 15 is 0 Å². The average molecular weight is 168 g/mol. The van der Waals surface area contributed by atoms with Crippen molar-refractivity contribution in [3.8, 4) is 0 Å². The maximum atomic E-state index is 9.45. The van der Waals surface area contributed by atoms with Crippen molar-refractivity contribution in [2.24, 2.45) is 0 Å². The van der Waals surface area contributed by atoms with Crippen molar-refractivity contribution in [1.29, 1.82) is 0 Å². The summed E-state index contributed by atoms with van der Waals surface area (Å²) in [5.74, 6) is -1.19. The number of rotatable bonds is 1. The molecule has 0 aliphatic carbocycles. The van der Waals surface area contributed by atoms with Gasteiger partial charge in [-0.3, -0.25) is 0 Å². The van der Waals surface area contributed by atoms with E-state index in [0.717, 1.165) is 0 Å². The molecule has 9 heavy (non-hydrogen) atoms. The molecule has 0 radical (unpaired) electrons. The molecule has 0 heterocycles. The summed E-state index contributed by atoms with van der Waals surface area (Å²) in [6.45, 7) is 1.20. The van der Waals surface area contributed by atoms with Gasteiger partial charge in [-0.25, -0.2) is 4.79 Å². The van der Waals surface area contributed by atoms with Gasteiger partial charge in [0.25, 0.3) is 0 Å². The molecule has 0 aromatic heterocycles. The molecule has 0 spiro atoms. The molecule has 0 fully saturated rings. The molecule has 5 nitrogen and oxygen atoms in total. The maximum absolute atomic E-state index is 9.45. The Hall–Kier alpha value is 0.610. The Morgan fingerprint density at radius 2 is 1.56 bits per heavy atom. The summed E-state index contributed by atoms with van der Waals surface area (Å²) in [6.07, 6.45) is -1.23. The standard InChI is InChI=1S/C3H6O3.Ca.2H2O.2H/c1-2(4)3(5)6;;;;;/h2,4H,1H3,(H,5,6);;2*1H2;;. The fraction of sp³-hybridized carbons (Fsp3) is 0.667. The number of carboxylic acids is 1. The van der Waals surface area contributed by atoms with Crippen LogP contribution in [0.15, 0.2) is 0 Å². The molecule has 0 aromatic carbocycles. The molecule has 0 rings (SSSR count). The number of hydrogen-bond donors (Lipinski definition) is 2. The van der Waals surface area contributed by atoms with Crippen molar-refractivity contribution in [2.75, 3.05) is 0 Å². The van der Waals surface area contributed by atoms with Crippen molar-refractivity contribution >= 4 is 43.7 Å². The van der Waals surface area contributed by atoms with Crippen LogP contribution in [0.25, 0.3) is 0 Å². The fourth-order valence-electron chi connectivity index (χ4n) is 0. The molecular weight excluding hydrogens is 156 g/mol. The molecule has 0 saturated carbocycles. The molecule has 0 saturated heterocycles. The van der Waals surface area contributed by atoms with E-state index in [1.807, 2.05) is 0 Å². The van der Waals surface area contributed by atoms with Gasteiger partial charge in [0.2, 0.25) is 0 Å². The van der Waals surface area contributed by atoms with Crippen LogP contribution < -0.4 is 0 Å². The Morgan fingerprint density at radius 1 is 1.44 bits per heavy atom. The molecular formula is C3H12CaO5. The van der Waals surface area contributed by atoms with Crippen LogP contribution in [0.4, 0.5) is 0 Å². The van der Waals surface area contributed by atoms with E-state index in [1.54, 1.807) is 0 Å². The van der Waals surface area contributed by atoms with Crippen LogP contribution in [0.2, 0.25) is 0 Å². The minimum absolute atomic E-state index is 0. The first-order valence-corrected chi connectivity index (χ1v) is 1.55. The number of aliphatic hydroxyl groups is 1. The van der Waals surface area contributed by atoms with Crippen molar-refractivity contribution in [2.45, 2.75) is 13.0 Å². The van der Waals surface area contributed by atoms with Crippen LogP contribution in [0.5, 0.6) is 0 Å². The Kier molecular flexibility index (Phi) is 28.7. The van der Waals surface area contributed by atoms with E-state index < -0.39 is 12.1 Å². The van der Waals surface area contributed by atoms with Crippen molar-refractivity contribution < 1.29 is 26.0 Å². The fourth-order valence-corrected chi connectivity index (χ4v) is 0. The predicted octanol–water partition coefficient (Wildman–Crippen LogP) is -3.11. The summed E-state index contributed by atoms with van der Waals surface area (Å²) in [4.78, 5) is 9.45. The van der Waals surface area contributed by atoms with Gasteiger partial charge in [-0.2, -0.15) is 0 Å². The SMILES string of the molecule is CC(O)C(=O)O.O.O.[CaH2]. The first kappa shape index (κ1) is 22.6. The summed E-state index contributed by atoms with van der Waals surface area (Å²) < 4.78 is 0. The summed E-state index contributed by atoms with van der Waals surface area (Å²) in [6, 6.07) is 0. The Bertz CT molecular complexity index is 63.2. The first-order valence-electron chi connectivity index (χ1n) is 1.55. The van der Waals surface area contributed by atoms with Crippen molar-refractivity contribution in [3.63, 3.8) is 0 Å². The molecule has 56 valence electrons. The number of hydrogen-bond acceptors (Lipinski definition) is 2. The van der Waals surface area contributed by atoms with Crippen molar-refractivity contribution in [1.82, 2.24) is 0 Å². The number of aliphatic hydroxyl groups excluding tert-OH is 1. The molecule has 0 bridgehead atoms. The van der Waals surface area contributed by atoms with E-state index in [-0.39, 0.29) is 48.7 Å². The quantitative estimate of drug-likeness (QED) is 0.403. The van der Waals surface area contributed by atoms with Crippen LogP contribution >= 0.6 is 0 Å². The molecule has 1 atom stereocenters. The van der Waals surface area contributed by atoms with E-state index in [0.29, 0.717) is 0 Å². The number of carbonyl (C=O) groups is 1. The Labute approximate surface area is 82.3 Å². The molecule has 0 aliphatic rings. The zero-order chi connectivity index (χ0) is 5.15. The van der Waals surface area contributed by atoms with E-state index in [9.17, 15) is 4.79 Å². The second kappa shape index (κ2) is 11.4. The van der Waals surface area contributed by atoms with Crippen molar-refractivity contribution in [3.05, 3.63) is 0 Å². The normalized spacial score (nSPS) is 9.11. The van der Waals surface area contributed by atoms with Crippen LogP contribution in [0.3, 0.4) is 0 Å². The van der Waals surface area contributed by atoms with Gasteiger partial charge >= 0.3 is 43.7 Å². The Morgan fingerprint density at radius 3 is 1.56 bits per heavy atom. The van der Waals surface area contributed by atoms with Gasteiger partial charge in [0.1, 0.15) is 6.10 Å². The molecule has 1 unspecified atom stereocenters. The van der Waals surface area contributed by atoms with Crippen LogP contribution in [0.1, 0.15) is 6.92 Å². The monoisotopic (exact) mass is 168 g/mol. The van der Waals surface area contributed by atoms with Gasteiger partial charge < -0.3 is 21.2 Å². The summed E-state index contributed by atoms with van der Waals surface area (Å²) >= 11 is 0. The molecule has 0 amide bonds. The van der Waals surface area contributed by atoms with Gasteiger partial charge in [-0.05, 0) is 6.92 Å². The van der Waals surface area contributed by atoms with E-state index in [1.165, 1.54) is 6.92 Å². The number of carboxylic acid groups (broad SMARTS) is 1. The molecule has 0 aliphatic heterocycles. The molecule has 6 N–H and O–H groups in total. The van der Waals surface area contributed by atoms with Crippen LogP contribution in [0, 0.1) is 0 Å². The van der Waals surface area contributed by atoms with Gasteiger partial charge in [0.05, 0.1) is 0 Å². The van der Waals surface area contributed by atoms with Gasteiger partial charge in [0, 0.05) is 0 Å². The third kappa shape index (κ3) is 17.7. The van der Waals surface area contributed by atoms with Gasteiger partial charge in [0.15, 0.2) is 0 Å².